The lowest BCUT2D eigenvalue weighted by atomic mass is 10.2. The van der Waals surface area contributed by atoms with Gasteiger partial charge in [-0.3, -0.25) is 14.4 Å². The molecule has 0 bridgehead atoms. The maximum atomic E-state index is 12.0. The van der Waals surface area contributed by atoms with Gasteiger partial charge in [0.1, 0.15) is 12.1 Å². The highest BCUT2D eigenvalue weighted by Crippen LogP contribution is 1.99. The number of aromatic nitrogens is 1. The van der Waals surface area contributed by atoms with Crippen molar-refractivity contribution in [3.8, 4) is 0 Å². The molecule has 1 aromatic heterocycles. The molecular weight excluding hydrogens is 236 g/mol. The lowest BCUT2D eigenvalue weighted by molar-refractivity contribution is -0.143. The first-order valence-corrected chi connectivity index (χ1v) is 5.72. The molecule has 0 aliphatic carbocycles. The van der Waals surface area contributed by atoms with Crippen molar-refractivity contribution in [2.75, 3.05) is 19.7 Å². The Hall–Kier alpha value is -2.11. The van der Waals surface area contributed by atoms with Crippen molar-refractivity contribution in [2.24, 2.45) is 0 Å². The first-order valence-electron chi connectivity index (χ1n) is 5.72. The molecule has 1 rings (SSSR count). The molecule has 1 aromatic rings. The molecule has 1 N–H and O–H groups in total. The second-order valence-electron chi connectivity index (χ2n) is 3.54. The summed E-state index contributed by atoms with van der Waals surface area (Å²) in [5.41, 5.74) is -0.451. The highest BCUT2D eigenvalue weighted by atomic mass is 16.5. The highest BCUT2D eigenvalue weighted by molar-refractivity contribution is 5.95. The molecule has 0 spiro atoms. The predicted molar refractivity (Wildman–Crippen MR) is 65.3 cm³/mol. The number of hydrogen-bond acceptors (Lipinski definition) is 4. The number of H-pyrrole nitrogens is 1. The van der Waals surface area contributed by atoms with Crippen LogP contribution in [0.3, 0.4) is 0 Å². The Morgan fingerprint density at radius 1 is 1.39 bits per heavy atom. The fourth-order valence-electron chi connectivity index (χ4n) is 1.45. The summed E-state index contributed by atoms with van der Waals surface area (Å²) in [6.07, 6.45) is 1.45. The molecule has 0 aliphatic heterocycles. The SMILES string of the molecule is CCOC(=O)CN(CC)C(=O)c1ccc[nH]c1=O. The molecule has 0 radical (unpaired) electrons. The second kappa shape index (κ2) is 6.58. The standard InChI is InChI=1S/C12H16N2O4/c1-3-14(8-10(15)18-4-2)12(17)9-6-5-7-13-11(9)16/h5-7H,3-4,8H2,1-2H3,(H,13,16). The molecule has 0 aliphatic rings. The quantitative estimate of drug-likeness (QED) is 0.769. The van der Waals surface area contributed by atoms with Crippen molar-refractivity contribution in [1.82, 2.24) is 9.88 Å². The summed E-state index contributed by atoms with van der Waals surface area (Å²) in [5.74, 6) is -0.965. The number of nitrogens with one attached hydrogen (secondary N) is 1. The van der Waals surface area contributed by atoms with Crippen LogP contribution in [0.5, 0.6) is 0 Å². The molecule has 6 heteroatoms. The van der Waals surface area contributed by atoms with Gasteiger partial charge in [0.25, 0.3) is 11.5 Å². The van der Waals surface area contributed by atoms with Crippen molar-refractivity contribution in [3.05, 3.63) is 34.2 Å². The third-order valence-corrected chi connectivity index (χ3v) is 2.34. The zero-order chi connectivity index (χ0) is 13.5. The third kappa shape index (κ3) is 3.44. The van der Waals surface area contributed by atoms with Crippen LogP contribution in [0.2, 0.25) is 0 Å². The number of carbonyl (C=O) groups excluding carboxylic acids is 2. The molecule has 6 nitrogen and oxygen atoms in total. The summed E-state index contributed by atoms with van der Waals surface area (Å²) >= 11 is 0. The van der Waals surface area contributed by atoms with Gasteiger partial charge in [-0.2, -0.15) is 0 Å². The van der Waals surface area contributed by atoms with Crippen molar-refractivity contribution in [1.29, 1.82) is 0 Å². The van der Waals surface area contributed by atoms with Gasteiger partial charge in [0.2, 0.25) is 0 Å². The largest absolute Gasteiger partial charge is 0.465 e. The van der Waals surface area contributed by atoms with Crippen LogP contribution in [0.15, 0.2) is 23.1 Å². The van der Waals surface area contributed by atoms with Gasteiger partial charge in [-0.1, -0.05) is 0 Å². The Morgan fingerprint density at radius 2 is 2.11 bits per heavy atom. The molecular formula is C12H16N2O4. The number of pyridine rings is 1. The smallest absolute Gasteiger partial charge is 0.325 e. The van der Waals surface area contributed by atoms with Gasteiger partial charge in [0.05, 0.1) is 6.61 Å². The third-order valence-electron chi connectivity index (χ3n) is 2.34. The van der Waals surface area contributed by atoms with Crippen LogP contribution >= 0.6 is 0 Å². The number of carbonyl (C=O) groups is 2. The van der Waals surface area contributed by atoms with Crippen LogP contribution in [0.4, 0.5) is 0 Å². The Bertz CT molecular complexity index is 481. The average Bonchev–Trinajstić information content (AvgIpc) is 2.36. The molecule has 0 saturated heterocycles. The fourth-order valence-corrected chi connectivity index (χ4v) is 1.45. The minimum Gasteiger partial charge on any atom is -0.465 e. The monoisotopic (exact) mass is 252 g/mol. The average molecular weight is 252 g/mol. The lowest BCUT2D eigenvalue weighted by Crippen LogP contribution is -2.38. The van der Waals surface area contributed by atoms with E-state index in [1.54, 1.807) is 19.9 Å². The molecule has 1 heterocycles. The van der Waals surface area contributed by atoms with E-state index in [0.717, 1.165) is 0 Å². The highest BCUT2D eigenvalue weighted by Gasteiger charge is 2.19. The van der Waals surface area contributed by atoms with E-state index in [1.165, 1.54) is 17.2 Å². The van der Waals surface area contributed by atoms with Gasteiger partial charge < -0.3 is 14.6 Å². The van der Waals surface area contributed by atoms with E-state index in [2.05, 4.69) is 4.98 Å². The summed E-state index contributed by atoms with van der Waals surface area (Å²) in [6.45, 7) is 3.85. The van der Waals surface area contributed by atoms with Crippen LogP contribution in [0.25, 0.3) is 0 Å². The number of hydrogen-bond donors (Lipinski definition) is 1. The first kappa shape index (κ1) is 14.0. The van der Waals surface area contributed by atoms with Gasteiger partial charge in [-0.15, -0.1) is 0 Å². The summed E-state index contributed by atoms with van der Waals surface area (Å²) in [5, 5.41) is 0. The maximum Gasteiger partial charge on any atom is 0.325 e. The van der Waals surface area contributed by atoms with Gasteiger partial charge in [-0.05, 0) is 26.0 Å². The Balaban J connectivity index is 2.83. The first-order chi connectivity index (χ1) is 8.60. The predicted octanol–water partition coefficient (Wildman–Crippen LogP) is 0.400. The molecule has 0 fully saturated rings. The van der Waals surface area contributed by atoms with E-state index in [1.807, 2.05) is 0 Å². The van der Waals surface area contributed by atoms with E-state index < -0.39 is 17.4 Å². The Kier molecular flexibility index (Phi) is 5.10. The van der Waals surface area contributed by atoms with Crippen LogP contribution in [-0.4, -0.2) is 41.5 Å². The van der Waals surface area contributed by atoms with Gasteiger partial charge in [0.15, 0.2) is 0 Å². The van der Waals surface area contributed by atoms with Gasteiger partial charge in [0, 0.05) is 12.7 Å². The summed E-state index contributed by atoms with van der Waals surface area (Å²) < 4.78 is 4.77. The van der Waals surface area contributed by atoms with E-state index >= 15 is 0 Å². The van der Waals surface area contributed by atoms with Crippen LogP contribution in [0.1, 0.15) is 24.2 Å². The minimum absolute atomic E-state index is 0.0173. The molecule has 98 valence electrons. The topological polar surface area (TPSA) is 79.5 Å². The number of rotatable bonds is 5. The maximum absolute atomic E-state index is 12.0. The Labute approximate surface area is 105 Å². The summed E-state index contributed by atoms with van der Waals surface area (Å²) in [4.78, 5) is 38.5. The lowest BCUT2D eigenvalue weighted by Gasteiger charge is -2.19. The molecule has 0 unspecified atom stereocenters. The number of likely N-dealkylation sites (N-methyl/N-ethyl adjacent to an activating group) is 1. The zero-order valence-electron chi connectivity index (χ0n) is 10.4. The van der Waals surface area contributed by atoms with Crippen LogP contribution < -0.4 is 5.56 Å². The minimum atomic E-state index is -0.486. The number of nitrogens with zero attached hydrogens (tertiary/aromatic N) is 1. The fraction of sp³-hybridized carbons (Fsp3) is 0.417. The normalized spacial score (nSPS) is 9.89. The molecule has 0 atom stereocenters. The molecule has 18 heavy (non-hydrogen) atoms. The van der Waals surface area contributed by atoms with Gasteiger partial charge in [-0.25, -0.2) is 0 Å². The number of ether oxygens (including phenoxy) is 1. The van der Waals surface area contributed by atoms with E-state index in [9.17, 15) is 14.4 Å². The number of esters is 1. The van der Waals surface area contributed by atoms with Crippen molar-refractivity contribution in [3.63, 3.8) is 0 Å². The summed E-state index contributed by atoms with van der Waals surface area (Å²) in [7, 11) is 0. The second-order valence-corrected chi connectivity index (χ2v) is 3.54. The van der Waals surface area contributed by atoms with E-state index in [-0.39, 0.29) is 18.7 Å². The zero-order valence-corrected chi connectivity index (χ0v) is 10.4. The van der Waals surface area contributed by atoms with Crippen molar-refractivity contribution in [2.45, 2.75) is 13.8 Å². The molecule has 0 aromatic carbocycles. The number of aromatic amines is 1. The van der Waals surface area contributed by atoms with Crippen LogP contribution in [0, 0.1) is 0 Å². The van der Waals surface area contributed by atoms with Crippen molar-refractivity contribution < 1.29 is 14.3 Å². The molecule has 1 amide bonds. The molecule has 0 saturated carbocycles. The summed E-state index contributed by atoms with van der Waals surface area (Å²) in [6, 6.07) is 2.99. The number of amides is 1. The Morgan fingerprint density at radius 3 is 2.67 bits per heavy atom. The van der Waals surface area contributed by atoms with Gasteiger partial charge >= 0.3 is 5.97 Å². The van der Waals surface area contributed by atoms with Crippen molar-refractivity contribution >= 4 is 11.9 Å². The van der Waals surface area contributed by atoms with E-state index in [0.29, 0.717) is 6.54 Å². The van der Waals surface area contributed by atoms with E-state index in [4.69, 9.17) is 4.74 Å². The van der Waals surface area contributed by atoms with Crippen LogP contribution in [-0.2, 0) is 9.53 Å².